The van der Waals surface area contributed by atoms with Crippen LogP contribution in [0.2, 0.25) is 0 Å². The van der Waals surface area contributed by atoms with Gasteiger partial charge in [0.15, 0.2) is 0 Å². The van der Waals surface area contributed by atoms with Crippen LogP contribution in [-0.4, -0.2) is 48.2 Å². The summed E-state index contributed by atoms with van der Waals surface area (Å²) in [4.78, 5) is 13.9. The highest BCUT2D eigenvalue weighted by Gasteiger charge is 2.33. The van der Waals surface area contributed by atoms with E-state index >= 15 is 0 Å². The molecule has 1 heterocycles. The molecule has 1 amide bonds. The Bertz CT molecular complexity index is 229. The van der Waals surface area contributed by atoms with Gasteiger partial charge in [0.05, 0.1) is 6.04 Å². The molecule has 1 saturated heterocycles. The van der Waals surface area contributed by atoms with Crippen LogP contribution in [0.4, 0.5) is 0 Å². The second-order valence-electron chi connectivity index (χ2n) is 4.96. The maximum absolute atomic E-state index is 12.0. The molecule has 2 N–H and O–H groups in total. The van der Waals surface area contributed by atoms with E-state index in [0.717, 1.165) is 19.6 Å². The number of nitrogens with zero attached hydrogens (tertiary/aromatic N) is 1. The van der Waals surface area contributed by atoms with Crippen molar-refractivity contribution in [1.82, 2.24) is 10.2 Å². The summed E-state index contributed by atoms with van der Waals surface area (Å²) in [5, 5.41) is 12.1. The summed E-state index contributed by atoms with van der Waals surface area (Å²) in [5.41, 5.74) is 0.107. The number of hydrogen-bond donors (Lipinski definition) is 2. The molecule has 0 aliphatic carbocycles. The van der Waals surface area contributed by atoms with E-state index in [0.29, 0.717) is 6.42 Å². The number of aliphatic hydroxyl groups is 1. The first kappa shape index (κ1) is 12.5. The van der Waals surface area contributed by atoms with E-state index in [2.05, 4.69) is 19.2 Å². The number of aliphatic hydroxyl groups excluding tert-OH is 1. The minimum Gasteiger partial charge on any atom is -0.396 e. The van der Waals surface area contributed by atoms with Gasteiger partial charge in [0, 0.05) is 26.2 Å². The molecule has 88 valence electrons. The van der Waals surface area contributed by atoms with Crippen LogP contribution in [0.1, 0.15) is 27.2 Å². The smallest absolute Gasteiger partial charge is 0.239 e. The Kier molecular flexibility index (Phi) is 4.11. The van der Waals surface area contributed by atoms with Crippen LogP contribution in [0, 0.1) is 5.41 Å². The lowest BCUT2D eigenvalue weighted by atomic mass is 9.93. The molecule has 0 radical (unpaired) electrons. The fourth-order valence-electron chi connectivity index (χ4n) is 1.98. The zero-order valence-electron chi connectivity index (χ0n) is 9.92. The van der Waals surface area contributed by atoms with E-state index < -0.39 is 0 Å². The standard InChI is InChI=1S/C11H22N2O2/c1-4-13-8-11(2,3)7-12-9(5-6-14)10(13)15/h9,12,14H,4-8H2,1-3H3. The maximum Gasteiger partial charge on any atom is 0.239 e. The van der Waals surface area contributed by atoms with Crippen LogP contribution >= 0.6 is 0 Å². The number of carbonyl (C=O) groups is 1. The zero-order chi connectivity index (χ0) is 11.5. The number of likely N-dealkylation sites (N-methyl/N-ethyl adjacent to an activating group) is 1. The molecule has 0 bridgehead atoms. The molecule has 0 aromatic rings. The molecule has 1 unspecified atom stereocenters. The van der Waals surface area contributed by atoms with Crippen LogP contribution in [0.15, 0.2) is 0 Å². The van der Waals surface area contributed by atoms with Crippen LogP contribution in [0.5, 0.6) is 0 Å². The molecule has 4 nitrogen and oxygen atoms in total. The van der Waals surface area contributed by atoms with Crippen molar-refractivity contribution in [3.63, 3.8) is 0 Å². The minimum atomic E-state index is -0.211. The van der Waals surface area contributed by atoms with Crippen molar-refractivity contribution in [2.75, 3.05) is 26.2 Å². The van der Waals surface area contributed by atoms with Gasteiger partial charge in [-0.2, -0.15) is 0 Å². The molecule has 1 aliphatic heterocycles. The summed E-state index contributed by atoms with van der Waals surface area (Å²) in [6, 6.07) is -0.211. The summed E-state index contributed by atoms with van der Waals surface area (Å²) in [6.45, 7) is 8.70. The highest BCUT2D eigenvalue weighted by Crippen LogP contribution is 2.20. The van der Waals surface area contributed by atoms with Gasteiger partial charge in [-0.3, -0.25) is 4.79 Å². The summed E-state index contributed by atoms with van der Waals surface area (Å²) >= 11 is 0. The Hall–Kier alpha value is -0.610. The van der Waals surface area contributed by atoms with E-state index in [1.165, 1.54) is 0 Å². The number of amides is 1. The van der Waals surface area contributed by atoms with Crippen LogP contribution < -0.4 is 5.32 Å². The Balaban J connectivity index is 2.75. The average Bonchev–Trinajstić information content (AvgIpc) is 2.29. The van der Waals surface area contributed by atoms with Gasteiger partial charge < -0.3 is 15.3 Å². The fourth-order valence-corrected chi connectivity index (χ4v) is 1.98. The van der Waals surface area contributed by atoms with Crippen LogP contribution in [-0.2, 0) is 4.79 Å². The monoisotopic (exact) mass is 214 g/mol. The zero-order valence-corrected chi connectivity index (χ0v) is 9.92. The molecule has 0 saturated carbocycles. The second kappa shape index (κ2) is 4.94. The van der Waals surface area contributed by atoms with Crippen molar-refractivity contribution in [2.24, 2.45) is 5.41 Å². The van der Waals surface area contributed by atoms with Crippen molar-refractivity contribution >= 4 is 5.91 Å². The predicted molar refractivity (Wildman–Crippen MR) is 59.5 cm³/mol. The number of rotatable bonds is 3. The average molecular weight is 214 g/mol. The molecule has 1 rings (SSSR count). The number of nitrogens with one attached hydrogen (secondary N) is 1. The first-order valence-corrected chi connectivity index (χ1v) is 5.63. The number of hydrogen-bond acceptors (Lipinski definition) is 3. The quantitative estimate of drug-likeness (QED) is 0.706. The van der Waals surface area contributed by atoms with E-state index in [-0.39, 0.29) is 24.0 Å². The molecule has 1 atom stereocenters. The highest BCUT2D eigenvalue weighted by molar-refractivity contribution is 5.82. The van der Waals surface area contributed by atoms with Gasteiger partial charge in [-0.15, -0.1) is 0 Å². The Labute approximate surface area is 91.6 Å². The largest absolute Gasteiger partial charge is 0.396 e. The molecular formula is C11H22N2O2. The minimum absolute atomic E-state index is 0.0569. The highest BCUT2D eigenvalue weighted by atomic mass is 16.3. The summed E-state index contributed by atoms with van der Waals surface area (Å²) in [5.74, 6) is 0.122. The van der Waals surface area contributed by atoms with Gasteiger partial charge in [-0.1, -0.05) is 13.8 Å². The lowest BCUT2D eigenvalue weighted by molar-refractivity contribution is -0.133. The van der Waals surface area contributed by atoms with Gasteiger partial charge in [-0.05, 0) is 18.8 Å². The molecule has 0 aromatic carbocycles. The van der Waals surface area contributed by atoms with Crippen molar-refractivity contribution in [3.05, 3.63) is 0 Å². The Morgan fingerprint density at radius 2 is 2.27 bits per heavy atom. The normalized spacial score (nSPS) is 26.5. The molecule has 1 fully saturated rings. The van der Waals surface area contributed by atoms with Crippen LogP contribution in [0.3, 0.4) is 0 Å². The lowest BCUT2D eigenvalue weighted by Crippen LogP contribution is -2.44. The summed E-state index contributed by atoms with van der Waals surface area (Å²) < 4.78 is 0. The van der Waals surface area contributed by atoms with E-state index in [1.807, 2.05) is 11.8 Å². The second-order valence-corrected chi connectivity index (χ2v) is 4.96. The van der Waals surface area contributed by atoms with Crippen molar-refractivity contribution in [3.8, 4) is 0 Å². The van der Waals surface area contributed by atoms with Crippen molar-refractivity contribution in [1.29, 1.82) is 0 Å². The van der Waals surface area contributed by atoms with Gasteiger partial charge in [0.2, 0.25) is 5.91 Å². The topological polar surface area (TPSA) is 52.6 Å². The van der Waals surface area contributed by atoms with Crippen molar-refractivity contribution in [2.45, 2.75) is 33.2 Å². The van der Waals surface area contributed by atoms with Gasteiger partial charge in [-0.25, -0.2) is 0 Å². The summed E-state index contributed by atoms with van der Waals surface area (Å²) in [7, 11) is 0. The third kappa shape index (κ3) is 3.18. The first-order valence-electron chi connectivity index (χ1n) is 5.63. The Morgan fingerprint density at radius 1 is 1.60 bits per heavy atom. The third-order valence-corrected chi connectivity index (χ3v) is 2.86. The maximum atomic E-state index is 12.0. The number of carbonyl (C=O) groups excluding carboxylic acids is 1. The van der Waals surface area contributed by atoms with E-state index in [4.69, 9.17) is 5.11 Å². The van der Waals surface area contributed by atoms with Crippen molar-refractivity contribution < 1.29 is 9.90 Å². The molecule has 0 spiro atoms. The third-order valence-electron chi connectivity index (χ3n) is 2.86. The van der Waals surface area contributed by atoms with Gasteiger partial charge in [0.25, 0.3) is 0 Å². The van der Waals surface area contributed by atoms with E-state index in [9.17, 15) is 4.79 Å². The summed E-state index contributed by atoms with van der Waals surface area (Å²) in [6.07, 6.45) is 0.505. The first-order chi connectivity index (χ1) is 7.00. The van der Waals surface area contributed by atoms with Gasteiger partial charge >= 0.3 is 0 Å². The molecule has 1 aliphatic rings. The lowest BCUT2D eigenvalue weighted by Gasteiger charge is -2.28. The molecule has 4 heteroatoms. The predicted octanol–water partition coefficient (Wildman–Crippen LogP) is 0.215. The Morgan fingerprint density at radius 3 is 2.80 bits per heavy atom. The van der Waals surface area contributed by atoms with Gasteiger partial charge in [0.1, 0.15) is 0 Å². The molecule has 0 aromatic heterocycles. The van der Waals surface area contributed by atoms with Crippen LogP contribution in [0.25, 0.3) is 0 Å². The molecular weight excluding hydrogens is 192 g/mol. The molecule has 15 heavy (non-hydrogen) atoms. The van der Waals surface area contributed by atoms with E-state index in [1.54, 1.807) is 0 Å². The SMILES string of the molecule is CCN1CC(C)(C)CNC(CCO)C1=O. The fraction of sp³-hybridized carbons (Fsp3) is 0.909.